The predicted molar refractivity (Wildman–Crippen MR) is 112 cm³/mol. The molecule has 1 saturated heterocycles. The van der Waals surface area contributed by atoms with Gasteiger partial charge in [0.2, 0.25) is 5.91 Å². The van der Waals surface area contributed by atoms with Gasteiger partial charge >= 0.3 is 0 Å². The molecule has 1 aliphatic rings. The number of nitrogens with one attached hydrogen (secondary N) is 2. The third-order valence-electron chi connectivity index (χ3n) is 4.41. The summed E-state index contributed by atoms with van der Waals surface area (Å²) in [6, 6.07) is 14.5. The van der Waals surface area contributed by atoms with E-state index in [1.165, 1.54) is 0 Å². The van der Waals surface area contributed by atoms with Gasteiger partial charge < -0.3 is 25.0 Å². The van der Waals surface area contributed by atoms with Crippen molar-refractivity contribution in [3.05, 3.63) is 54.1 Å². The van der Waals surface area contributed by atoms with Crippen LogP contribution in [0.2, 0.25) is 0 Å². The van der Waals surface area contributed by atoms with Gasteiger partial charge in [0.25, 0.3) is 5.91 Å². The third-order valence-corrected chi connectivity index (χ3v) is 4.41. The number of rotatable bonds is 7. The van der Waals surface area contributed by atoms with Crippen molar-refractivity contribution in [3.8, 4) is 5.75 Å². The average Bonchev–Trinajstić information content (AvgIpc) is 2.74. The molecule has 0 radical (unpaired) electrons. The molecule has 2 N–H and O–H groups in total. The van der Waals surface area contributed by atoms with E-state index in [1.54, 1.807) is 29.2 Å². The molecule has 0 bridgehead atoms. The zero-order chi connectivity index (χ0) is 20.6. The van der Waals surface area contributed by atoms with Crippen molar-refractivity contribution in [2.24, 2.45) is 0 Å². The van der Waals surface area contributed by atoms with Crippen molar-refractivity contribution in [3.63, 3.8) is 0 Å². The van der Waals surface area contributed by atoms with E-state index in [0.29, 0.717) is 43.3 Å². The summed E-state index contributed by atoms with van der Waals surface area (Å²) in [5, 5.41) is 5.93. The second-order valence-electron chi connectivity index (χ2n) is 7.05. The molecule has 2 aromatic carbocycles. The van der Waals surface area contributed by atoms with Crippen LogP contribution in [0.4, 0.5) is 11.4 Å². The maximum absolute atomic E-state index is 12.5. The zero-order valence-corrected chi connectivity index (χ0v) is 16.8. The lowest BCUT2D eigenvalue weighted by atomic mass is 10.1. The molecule has 154 valence electrons. The Morgan fingerprint density at radius 3 is 2.45 bits per heavy atom. The highest BCUT2D eigenvalue weighted by atomic mass is 16.5. The number of morpholine rings is 1. The van der Waals surface area contributed by atoms with Gasteiger partial charge in [-0.1, -0.05) is 12.1 Å². The fourth-order valence-electron chi connectivity index (χ4n) is 2.98. The maximum Gasteiger partial charge on any atom is 0.254 e. The molecule has 1 heterocycles. The van der Waals surface area contributed by atoms with Crippen LogP contribution in [0, 0.1) is 0 Å². The van der Waals surface area contributed by atoms with Gasteiger partial charge in [0.05, 0.1) is 31.5 Å². The Kier molecular flexibility index (Phi) is 7.08. The summed E-state index contributed by atoms with van der Waals surface area (Å²) in [5.41, 5.74) is 2.03. The van der Waals surface area contributed by atoms with Crippen molar-refractivity contribution >= 4 is 23.2 Å². The molecule has 2 aromatic rings. The second-order valence-corrected chi connectivity index (χ2v) is 7.05. The Morgan fingerprint density at radius 2 is 1.76 bits per heavy atom. The summed E-state index contributed by atoms with van der Waals surface area (Å²) in [4.78, 5) is 26.6. The van der Waals surface area contributed by atoms with E-state index >= 15 is 0 Å². The normalized spacial score (nSPS) is 13.8. The standard InChI is InChI=1S/C22H27N3O4/c1-16(2)29-20-6-4-3-5-19(20)24-21(26)15-23-18-9-7-17(8-10-18)22(27)25-11-13-28-14-12-25/h3-10,16,23H,11-15H2,1-2H3,(H,24,26). The molecule has 0 unspecified atom stereocenters. The number of amides is 2. The fraction of sp³-hybridized carbons (Fsp3) is 0.364. The zero-order valence-electron chi connectivity index (χ0n) is 16.8. The van der Waals surface area contributed by atoms with E-state index in [0.717, 1.165) is 5.69 Å². The molecule has 0 atom stereocenters. The van der Waals surface area contributed by atoms with Gasteiger partial charge in [0.15, 0.2) is 0 Å². The number of nitrogens with zero attached hydrogens (tertiary/aromatic N) is 1. The topological polar surface area (TPSA) is 79.9 Å². The Balaban J connectivity index is 1.52. The lowest BCUT2D eigenvalue weighted by Crippen LogP contribution is -2.40. The van der Waals surface area contributed by atoms with Crippen LogP contribution in [0.3, 0.4) is 0 Å². The summed E-state index contributed by atoms with van der Waals surface area (Å²) in [5.74, 6) is 0.458. The lowest BCUT2D eigenvalue weighted by molar-refractivity contribution is -0.114. The van der Waals surface area contributed by atoms with Crippen LogP contribution in [0.15, 0.2) is 48.5 Å². The van der Waals surface area contributed by atoms with Crippen LogP contribution in [-0.2, 0) is 9.53 Å². The smallest absolute Gasteiger partial charge is 0.254 e. The summed E-state index contributed by atoms with van der Waals surface area (Å²) in [6.07, 6.45) is 0.0184. The lowest BCUT2D eigenvalue weighted by Gasteiger charge is -2.26. The fourth-order valence-corrected chi connectivity index (χ4v) is 2.98. The highest BCUT2D eigenvalue weighted by molar-refractivity contribution is 5.96. The first-order valence-electron chi connectivity index (χ1n) is 9.79. The molecule has 1 aliphatic heterocycles. The largest absolute Gasteiger partial charge is 0.489 e. The first-order chi connectivity index (χ1) is 14.0. The maximum atomic E-state index is 12.5. The molecule has 1 fully saturated rings. The number of benzene rings is 2. The molecular weight excluding hydrogens is 370 g/mol. The van der Waals surface area contributed by atoms with E-state index in [2.05, 4.69) is 10.6 Å². The molecule has 3 rings (SSSR count). The highest BCUT2D eigenvalue weighted by Gasteiger charge is 2.18. The van der Waals surface area contributed by atoms with Crippen LogP contribution in [0.25, 0.3) is 0 Å². The van der Waals surface area contributed by atoms with Crippen molar-refractivity contribution < 1.29 is 19.1 Å². The van der Waals surface area contributed by atoms with Crippen LogP contribution in [0.1, 0.15) is 24.2 Å². The quantitative estimate of drug-likeness (QED) is 0.751. The number of carbonyl (C=O) groups is 2. The number of carbonyl (C=O) groups excluding carboxylic acids is 2. The van der Waals surface area contributed by atoms with Crippen LogP contribution in [0.5, 0.6) is 5.75 Å². The minimum atomic E-state index is -0.182. The van der Waals surface area contributed by atoms with Gasteiger partial charge in [-0.15, -0.1) is 0 Å². The first-order valence-corrected chi connectivity index (χ1v) is 9.79. The van der Waals surface area contributed by atoms with E-state index in [9.17, 15) is 9.59 Å². The Bertz CT molecular complexity index is 830. The van der Waals surface area contributed by atoms with Crippen LogP contribution in [-0.4, -0.2) is 55.7 Å². The molecule has 0 spiro atoms. The van der Waals surface area contributed by atoms with Gasteiger partial charge in [-0.2, -0.15) is 0 Å². The van der Waals surface area contributed by atoms with Gasteiger partial charge in [0.1, 0.15) is 5.75 Å². The van der Waals surface area contributed by atoms with Crippen molar-refractivity contribution in [2.45, 2.75) is 20.0 Å². The van der Waals surface area contributed by atoms with Gasteiger partial charge in [0, 0.05) is 24.3 Å². The Morgan fingerprint density at radius 1 is 1.07 bits per heavy atom. The van der Waals surface area contributed by atoms with Crippen LogP contribution < -0.4 is 15.4 Å². The minimum Gasteiger partial charge on any atom is -0.489 e. The Hall–Kier alpha value is -3.06. The molecule has 0 aliphatic carbocycles. The summed E-state index contributed by atoms with van der Waals surface area (Å²) >= 11 is 0. The van der Waals surface area contributed by atoms with Crippen LogP contribution >= 0.6 is 0 Å². The van der Waals surface area contributed by atoms with E-state index in [-0.39, 0.29) is 24.5 Å². The molecule has 7 heteroatoms. The number of ether oxygens (including phenoxy) is 2. The third kappa shape index (κ3) is 5.96. The van der Waals surface area contributed by atoms with E-state index in [1.807, 2.05) is 38.1 Å². The summed E-state index contributed by atoms with van der Waals surface area (Å²) in [7, 11) is 0. The number of hydrogen-bond donors (Lipinski definition) is 2. The summed E-state index contributed by atoms with van der Waals surface area (Å²) < 4.78 is 11.0. The molecule has 29 heavy (non-hydrogen) atoms. The Labute approximate surface area is 171 Å². The van der Waals surface area contributed by atoms with Crippen molar-refractivity contribution in [2.75, 3.05) is 43.5 Å². The highest BCUT2D eigenvalue weighted by Crippen LogP contribution is 2.24. The average molecular weight is 397 g/mol. The number of hydrogen-bond acceptors (Lipinski definition) is 5. The molecule has 2 amide bonds. The van der Waals surface area contributed by atoms with E-state index in [4.69, 9.17) is 9.47 Å². The summed E-state index contributed by atoms with van der Waals surface area (Å²) in [6.45, 7) is 6.35. The minimum absolute atomic E-state index is 0.000599. The van der Waals surface area contributed by atoms with Gasteiger partial charge in [-0.25, -0.2) is 0 Å². The first kappa shape index (κ1) is 20.7. The van der Waals surface area contributed by atoms with Gasteiger partial charge in [-0.3, -0.25) is 9.59 Å². The molecular formula is C22H27N3O4. The molecule has 7 nitrogen and oxygen atoms in total. The number of anilines is 2. The monoisotopic (exact) mass is 397 g/mol. The SMILES string of the molecule is CC(C)Oc1ccccc1NC(=O)CNc1ccc(C(=O)N2CCOCC2)cc1. The predicted octanol–water partition coefficient (Wildman–Crippen LogP) is 3.00. The number of para-hydroxylation sites is 2. The van der Waals surface area contributed by atoms with Crippen molar-refractivity contribution in [1.82, 2.24) is 4.90 Å². The van der Waals surface area contributed by atoms with Gasteiger partial charge in [-0.05, 0) is 50.2 Å². The molecule has 0 aromatic heterocycles. The van der Waals surface area contributed by atoms with E-state index < -0.39 is 0 Å². The molecule has 0 saturated carbocycles. The second kappa shape index (κ2) is 9.93. The van der Waals surface area contributed by atoms with Crippen molar-refractivity contribution in [1.29, 1.82) is 0 Å².